The van der Waals surface area contributed by atoms with Gasteiger partial charge >= 0.3 is 0 Å². The topological polar surface area (TPSA) is 123 Å². The summed E-state index contributed by atoms with van der Waals surface area (Å²) in [6, 6.07) is 4.71. The van der Waals surface area contributed by atoms with E-state index in [2.05, 4.69) is 15.6 Å². The van der Waals surface area contributed by atoms with Crippen LogP contribution in [-0.2, 0) is 14.8 Å². The Morgan fingerprint density at radius 2 is 1.42 bits per heavy atom. The first-order valence-corrected chi connectivity index (χ1v) is 12.1. The maximum Gasteiger partial charge on any atom is 0.269 e. The van der Waals surface area contributed by atoms with Crippen molar-refractivity contribution in [1.29, 1.82) is 0 Å². The van der Waals surface area contributed by atoms with E-state index in [4.69, 9.17) is 9.47 Å². The van der Waals surface area contributed by atoms with Crippen molar-refractivity contribution in [3.05, 3.63) is 51.6 Å². The van der Waals surface area contributed by atoms with Crippen LogP contribution in [0, 0.1) is 34.6 Å². The SMILES string of the molecule is Cc1c(C)c(C)c(S(=O)(=O)NCCC(=O)NNC(=O)c2ccc3c(c2)OCCO3)c(C)c1C. The Balaban J connectivity index is 1.55. The summed E-state index contributed by atoms with van der Waals surface area (Å²) in [5.41, 5.74) is 9.20. The van der Waals surface area contributed by atoms with E-state index in [9.17, 15) is 18.0 Å². The highest BCUT2D eigenvalue weighted by atomic mass is 32.2. The van der Waals surface area contributed by atoms with Crippen molar-refractivity contribution in [3.8, 4) is 11.5 Å². The molecule has 10 heteroatoms. The first-order chi connectivity index (χ1) is 15.5. The van der Waals surface area contributed by atoms with Gasteiger partial charge in [0.05, 0.1) is 4.90 Å². The molecule has 178 valence electrons. The second-order valence-electron chi connectivity index (χ2n) is 7.96. The average molecular weight is 476 g/mol. The molecule has 0 fully saturated rings. The lowest BCUT2D eigenvalue weighted by Crippen LogP contribution is -2.42. The molecule has 0 atom stereocenters. The van der Waals surface area contributed by atoms with Gasteiger partial charge in [-0.3, -0.25) is 20.4 Å². The van der Waals surface area contributed by atoms with Gasteiger partial charge < -0.3 is 9.47 Å². The summed E-state index contributed by atoms with van der Waals surface area (Å²) >= 11 is 0. The number of hydrogen-bond acceptors (Lipinski definition) is 6. The number of hydrogen-bond donors (Lipinski definition) is 3. The van der Waals surface area contributed by atoms with Crippen LogP contribution in [0.2, 0.25) is 0 Å². The zero-order valence-corrected chi connectivity index (χ0v) is 20.2. The Morgan fingerprint density at radius 3 is 2.06 bits per heavy atom. The van der Waals surface area contributed by atoms with Gasteiger partial charge in [0.25, 0.3) is 5.91 Å². The quantitative estimate of drug-likeness (QED) is 0.550. The molecule has 0 radical (unpaired) electrons. The lowest BCUT2D eigenvalue weighted by atomic mass is 9.95. The minimum atomic E-state index is -3.81. The van der Waals surface area contributed by atoms with Crippen molar-refractivity contribution >= 4 is 21.8 Å². The van der Waals surface area contributed by atoms with Crippen molar-refractivity contribution in [2.75, 3.05) is 19.8 Å². The number of amides is 2. The Hall–Kier alpha value is -3.11. The molecule has 1 aliphatic rings. The minimum absolute atomic E-state index is 0.112. The molecule has 1 heterocycles. The number of sulfonamides is 1. The van der Waals surface area contributed by atoms with Crippen LogP contribution in [0.4, 0.5) is 0 Å². The summed E-state index contributed by atoms with van der Waals surface area (Å²) in [6.45, 7) is 10.1. The van der Waals surface area contributed by atoms with Gasteiger partial charge in [-0.25, -0.2) is 13.1 Å². The Morgan fingerprint density at radius 1 is 0.848 bits per heavy atom. The van der Waals surface area contributed by atoms with E-state index < -0.39 is 21.8 Å². The Bertz CT molecular complexity index is 1180. The number of carbonyl (C=O) groups is 2. The number of ether oxygens (including phenoxy) is 2. The number of benzene rings is 2. The van der Waals surface area contributed by atoms with Gasteiger partial charge in [-0.2, -0.15) is 0 Å². The number of fused-ring (bicyclic) bond motifs is 1. The van der Waals surface area contributed by atoms with Crippen LogP contribution in [0.3, 0.4) is 0 Å². The van der Waals surface area contributed by atoms with Crippen molar-refractivity contribution in [1.82, 2.24) is 15.6 Å². The largest absolute Gasteiger partial charge is 0.486 e. The smallest absolute Gasteiger partial charge is 0.269 e. The highest BCUT2D eigenvalue weighted by molar-refractivity contribution is 7.89. The normalized spacial score (nSPS) is 12.9. The summed E-state index contributed by atoms with van der Waals surface area (Å²) < 4.78 is 39.1. The lowest BCUT2D eigenvalue weighted by molar-refractivity contribution is -0.121. The van der Waals surface area contributed by atoms with Crippen LogP contribution in [0.15, 0.2) is 23.1 Å². The molecule has 2 amide bonds. The van der Waals surface area contributed by atoms with Gasteiger partial charge in [0.1, 0.15) is 13.2 Å². The van der Waals surface area contributed by atoms with Gasteiger partial charge in [0, 0.05) is 18.5 Å². The van der Waals surface area contributed by atoms with Crippen molar-refractivity contribution in [2.45, 2.75) is 45.9 Å². The third kappa shape index (κ3) is 5.28. The summed E-state index contributed by atoms with van der Waals surface area (Å²) in [5.74, 6) is -0.0496. The van der Waals surface area contributed by atoms with E-state index in [0.717, 1.165) is 16.7 Å². The molecule has 0 saturated heterocycles. The van der Waals surface area contributed by atoms with E-state index in [1.165, 1.54) is 6.07 Å². The third-order valence-corrected chi connectivity index (χ3v) is 7.70. The van der Waals surface area contributed by atoms with E-state index in [1.807, 2.05) is 20.8 Å². The molecule has 0 aliphatic carbocycles. The van der Waals surface area contributed by atoms with Crippen LogP contribution in [0.1, 0.15) is 44.6 Å². The second-order valence-corrected chi connectivity index (χ2v) is 9.67. The fourth-order valence-corrected chi connectivity index (χ4v) is 5.31. The van der Waals surface area contributed by atoms with Gasteiger partial charge in [-0.15, -0.1) is 0 Å². The molecule has 0 saturated carbocycles. The zero-order chi connectivity index (χ0) is 24.3. The number of rotatable bonds is 6. The first kappa shape index (κ1) is 24.5. The summed E-state index contributed by atoms with van der Waals surface area (Å²) in [4.78, 5) is 24.6. The molecule has 2 aromatic rings. The Kier molecular flexibility index (Phi) is 7.28. The fraction of sp³-hybridized carbons (Fsp3) is 0.391. The second kappa shape index (κ2) is 9.80. The maximum atomic E-state index is 12.9. The van der Waals surface area contributed by atoms with E-state index in [0.29, 0.717) is 35.8 Å². The third-order valence-electron chi connectivity index (χ3n) is 5.96. The van der Waals surface area contributed by atoms with E-state index in [1.54, 1.807) is 26.0 Å². The molecule has 3 rings (SSSR count). The van der Waals surface area contributed by atoms with Crippen LogP contribution in [0.5, 0.6) is 11.5 Å². The summed E-state index contributed by atoms with van der Waals surface area (Å²) in [7, 11) is -3.81. The molecule has 33 heavy (non-hydrogen) atoms. The highest BCUT2D eigenvalue weighted by Gasteiger charge is 2.23. The summed E-state index contributed by atoms with van der Waals surface area (Å²) in [5, 5.41) is 0. The molecule has 0 spiro atoms. The maximum absolute atomic E-state index is 12.9. The van der Waals surface area contributed by atoms with Gasteiger partial charge in [0.2, 0.25) is 15.9 Å². The molecule has 2 aromatic carbocycles. The van der Waals surface area contributed by atoms with Gasteiger partial charge in [0.15, 0.2) is 11.5 Å². The standard InChI is InChI=1S/C23H29N3O6S/c1-13-14(2)16(4)22(17(5)15(13)3)33(29,30)24-9-8-21(27)25-26-23(28)18-6-7-19-20(12-18)32-11-10-31-19/h6-7,12,24H,8-11H2,1-5H3,(H,25,27)(H,26,28). The van der Waals surface area contributed by atoms with Crippen LogP contribution < -0.4 is 25.0 Å². The first-order valence-electron chi connectivity index (χ1n) is 10.6. The molecule has 0 bridgehead atoms. The van der Waals surface area contributed by atoms with Crippen LogP contribution >= 0.6 is 0 Å². The van der Waals surface area contributed by atoms with Gasteiger partial charge in [-0.1, -0.05) is 0 Å². The molecular formula is C23H29N3O6S. The molecule has 3 N–H and O–H groups in total. The van der Waals surface area contributed by atoms with Gasteiger partial charge in [-0.05, 0) is 80.6 Å². The number of hydrazine groups is 1. The average Bonchev–Trinajstić information content (AvgIpc) is 2.79. The number of nitrogens with one attached hydrogen (secondary N) is 3. The van der Waals surface area contributed by atoms with E-state index in [-0.39, 0.29) is 23.4 Å². The lowest BCUT2D eigenvalue weighted by Gasteiger charge is -2.19. The predicted octanol–water partition coefficient (Wildman–Crippen LogP) is 2.13. The molecular weight excluding hydrogens is 446 g/mol. The molecule has 0 aromatic heterocycles. The zero-order valence-electron chi connectivity index (χ0n) is 19.4. The van der Waals surface area contributed by atoms with Crippen LogP contribution in [-0.4, -0.2) is 40.0 Å². The van der Waals surface area contributed by atoms with Crippen molar-refractivity contribution in [2.24, 2.45) is 0 Å². The summed E-state index contributed by atoms with van der Waals surface area (Å²) in [6.07, 6.45) is -0.150. The number of carbonyl (C=O) groups excluding carboxylic acids is 2. The van der Waals surface area contributed by atoms with E-state index >= 15 is 0 Å². The van der Waals surface area contributed by atoms with Crippen molar-refractivity contribution < 1.29 is 27.5 Å². The monoisotopic (exact) mass is 475 g/mol. The predicted molar refractivity (Wildman–Crippen MR) is 123 cm³/mol. The molecule has 1 aliphatic heterocycles. The highest BCUT2D eigenvalue weighted by Crippen LogP contribution is 2.31. The Labute approximate surface area is 193 Å². The minimum Gasteiger partial charge on any atom is -0.486 e. The van der Waals surface area contributed by atoms with Crippen LogP contribution in [0.25, 0.3) is 0 Å². The fourth-order valence-electron chi connectivity index (χ4n) is 3.69. The molecule has 0 unspecified atom stereocenters. The van der Waals surface area contributed by atoms with Crippen molar-refractivity contribution in [3.63, 3.8) is 0 Å². The molecule has 9 nitrogen and oxygen atoms in total.